The lowest BCUT2D eigenvalue weighted by Gasteiger charge is -2.03. The van der Waals surface area contributed by atoms with E-state index in [0.29, 0.717) is 11.3 Å². The highest BCUT2D eigenvalue weighted by atomic mass is 16.6. The lowest BCUT2D eigenvalue weighted by molar-refractivity contribution is -0.384. The quantitative estimate of drug-likeness (QED) is 0.481. The van der Waals surface area contributed by atoms with Gasteiger partial charge in [0, 0.05) is 23.9 Å². The van der Waals surface area contributed by atoms with Crippen LogP contribution in [0.15, 0.2) is 54.6 Å². The van der Waals surface area contributed by atoms with Crippen LogP contribution in [-0.2, 0) is 16.0 Å². The van der Waals surface area contributed by atoms with Gasteiger partial charge in [0.15, 0.2) is 0 Å². The molecule has 0 aliphatic rings. The predicted octanol–water partition coefficient (Wildman–Crippen LogP) is 2.27. The molecule has 0 bridgehead atoms. The second kappa shape index (κ2) is 7.68. The van der Waals surface area contributed by atoms with E-state index in [0.717, 1.165) is 5.56 Å². The Hall–Kier alpha value is -3.48. The van der Waals surface area contributed by atoms with Crippen LogP contribution >= 0.6 is 0 Å². The van der Waals surface area contributed by atoms with Gasteiger partial charge in [0.05, 0.1) is 11.3 Å². The zero-order valence-corrected chi connectivity index (χ0v) is 12.6. The maximum Gasteiger partial charge on any atom is 0.269 e. The lowest BCUT2D eigenvalue weighted by Crippen LogP contribution is -2.13. The van der Waals surface area contributed by atoms with Crippen molar-refractivity contribution in [3.8, 4) is 0 Å². The Kier molecular flexibility index (Phi) is 5.40. The third kappa shape index (κ3) is 5.06. The number of nitro benzene ring substituents is 1. The van der Waals surface area contributed by atoms with E-state index in [-0.39, 0.29) is 18.0 Å². The highest BCUT2D eigenvalue weighted by Crippen LogP contribution is 2.13. The molecule has 0 spiro atoms. The maximum absolute atomic E-state index is 11.8. The van der Waals surface area contributed by atoms with Crippen molar-refractivity contribution in [1.29, 1.82) is 0 Å². The molecular weight excluding hydrogens is 310 g/mol. The van der Waals surface area contributed by atoms with Gasteiger partial charge in [-0.25, -0.2) is 0 Å². The molecule has 2 aromatic carbocycles. The summed E-state index contributed by atoms with van der Waals surface area (Å²) in [6.45, 7) is 0. The molecule has 2 amide bonds. The largest absolute Gasteiger partial charge is 0.369 e. The number of nitrogens with one attached hydrogen (secondary N) is 1. The van der Waals surface area contributed by atoms with Gasteiger partial charge in [0.2, 0.25) is 11.8 Å². The summed E-state index contributed by atoms with van der Waals surface area (Å²) in [5, 5.41) is 13.2. The molecule has 0 atom stereocenters. The van der Waals surface area contributed by atoms with E-state index in [4.69, 9.17) is 5.73 Å². The van der Waals surface area contributed by atoms with Gasteiger partial charge in [-0.2, -0.15) is 0 Å². The van der Waals surface area contributed by atoms with Crippen LogP contribution in [0.4, 0.5) is 11.4 Å². The van der Waals surface area contributed by atoms with Crippen molar-refractivity contribution in [3.63, 3.8) is 0 Å². The molecule has 0 unspecified atom stereocenters. The molecule has 0 heterocycles. The number of amides is 2. The summed E-state index contributed by atoms with van der Waals surface area (Å²) in [6.07, 6.45) is 3.03. The fourth-order valence-electron chi connectivity index (χ4n) is 1.97. The van der Waals surface area contributed by atoms with Crippen LogP contribution in [0.2, 0.25) is 0 Å². The molecule has 7 nitrogen and oxygen atoms in total. The number of nitrogens with two attached hydrogens (primary N) is 1. The highest BCUT2D eigenvalue weighted by Gasteiger charge is 2.03. The number of rotatable bonds is 6. The number of hydrogen-bond donors (Lipinski definition) is 2. The summed E-state index contributed by atoms with van der Waals surface area (Å²) in [5.41, 5.74) is 7.13. The van der Waals surface area contributed by atoms with Gasteiger partial charge in [-0.3, -0.25) is 19.7 Å². The molecule has 3 N–H and O–H groups in total. The number of primary amides is 1. The Morgan fingerprint density at radius 1 is 1.08 bits per heavy atom. The summed E-state index contributed by atoms with van der Waals surface area (Å²) >= 11 is 0. The van der Waals surface area contributed by atoms with E-state index >= 15 is 0 Å². The molecule has 0 saturated carbocycles. The van der Waals surface area contributed by atoms with Crippen LogP contribution in [0.5, 0.6) is 0 Å². The van der Waals surface area contributed by atoms with Crippen molar-refractivity contribution >= 4 is 29.3 Å². The van der Waals surface area contributed by atoms with Gasteiger partial charge in [0.25, 0.3) is 5.69 Å². The average Bonchev–Trinajstić information content (AvgIpc) is 2.54. The minimum Gasteiger partial charge on any atom is -0.369 e. The van der Waals surface area contributed by atoms with Crippen LogP contribution in [0.3, 0.4) is 0 Å². The topological polar surface area (TPSA) is 115 Å². The zero-order chi connectivity index (χ0) is 17.5. The SMILES string of the molecule is NC(=O)Cc1ccc(NC(=O)C=Cc2ccc([N+](=O)[O-])cc2)cc1. The van der Waals surface area contributed by atoms with E-state index in [1.54, 1.807) is 42.5 Å². The Balaban J connectivity index is 1.94. The van der Waals surface area contributed by atoms with E-state index in [1.165, 1.54) is 18.2 Å². The number of carbonyl (C=O) groups excluding carboxylic acids is 2. The third-order valence-electron chi connectivity index (χ3n) is 3.13. The number of anilines is 1. The van der Waals surface area contributed by atoms with E-state index in [9.17, 15) is 19.7 Å². The first kappa shape index (κ1) is 16.9. The van der Waals surface area contributed by atoms with Gasteiger partial charge in [-0.05, 0) is 41.5 Å². The maximum atomic E-state index is 11.8. The van der Waals surface area contributed by atoms with Crippen molar-refractivity contribution in [2.45, 2.75) is 6.42 Å². The van der Waals surface area contributed by atoms with Crippen molar-refractivity contribution in [2.75, 3.05) is 5.32 Å². The van der Waals surface area contributed by atoms with Crippen molar-refractivity contribution in [2.24, 2.45) is 5.73 Å². The lowest BCUT2D eigenvalue weighted by atomic mass is 10.1. The Labute approximate surface area is 137 Å². The summed E-state index contributed by atoms with van der Waals surface area (Å²) in [7, 11) is 0. The fraction of sp³-hybridized carbons (Fsp3) is 0.0588. The van der Waals surface area contributed by atoms with E-state index in [1.807, 2.05) is 0 Å². The molecule has 2 aromatic rings. The molecule has 24 heavy (non-hydrogen) atoms. The number of nitrogens with zero attached hydrogens (tertiary/aromatic N) is 1. The molecule has 0 saturated heterocycles. The summed E-state index contributed by atoms with van der Waals surface area (Å²) in [5.74, 6) is -0.756. The van der Waals surface area contributed by atoms with Crippen LogP contribution in [-0.4, -0.2) is 16.7 Å². The second-order valence-corrected chi connectivity index (χ2v) is 5.01. The van der Waals surface area contributed by atoms with Crippen molar-refractivity contribution < 1.29 is 14.5 Å². The molecule has 7 heteroatoms. The number of nitro groups is 1. The molecule has 0 aromatic heterocycles. The van der Waals surface area contributed by atoms with Gasteiger partial charge < -0.3 is 11.1 Å². The molecule has 0 aliphatic carbocycles. The minimum absolute atomic E-state index is 0.00680. The standard InChI is InChI=1S/C17H15N3O4/c18-16(21)11-13-1-6-14(7-2-13)19-17(22)10-5-12-3-8-15(9-4-12)20(23)24/h1-10H,11H2,(H2,18,21)(H,19,22). The number of carbonyl (C=O) groups is 2. The Morgan fingerprint density at radius 3 is 2.25 bits per heavy atom. The monoisotopic (exact) mass is 325 g/mol. The van der Waals surface area contributed by atoms with Gasteiger partial charge in [-0.1, -0.05) is 12.1 Å². The van der Waals surface area contributed by atoms with Gasteiger partial charge >= 0.3 is 0 Å². The van der Waals surface area contributed by atoms with Crippen LogP contribution in [0, 0.1) is 10.1 Å². The van der Waals surface area contributed by atoms with E-state index < -0.39 is 10.8 Å². The molecule has 0 radical (unpaired) electrons. The molecule has 0 aliphatic heterocycles. The average molecular weight is 325 g/mol. The number of non-ortho nitro benzene ring substituents is 1. The fourth-order valence-corrected chi connectivity index (χ4v) is 1.97. The number of benzene rings is 2. The molecule has 2 rings (SSSR count). The first-order chi connectivity index (χ1) is 11.4. The molecule has 122 valence electrons. The first-order valence-corrected chi connectivity index (χ1v) is 7.05. The smallest absolute Gasteiger partial charge is 0.269 e. The minimum atomic E-state index is -0.484. The Bertz CT molecular complexity index is 780. The molecule has 0 fully saturated rings. The second-order valence-electron chi connectivity index (χ2n) is 5.01. The Morgan fingerprint density at radius 2 is 1.71 bits per heavy atom. The van der Waals surface area contributed by atoms with Crippen molar-refractivity contribution in [1.82, 2.24) is 0 Å². The number of hydrogen-bond acceptors (Lipinski definition) is 4. The van der Waals surface area contributed by atoms with E-state index in [2.05, 4.69) is 5.32 Å². The predicted molar refractivity (Wildman–Crippen MR) is 90.1 cm³/mol. The van der Waals surface area contributed by atoms with Crippen molar-refractivity contribution in [3.05, 3.63) is 75.8 Å². The third-order valence-corrected chi connectivity index (χ3v) is 3.13. The summed E-state index contributed by atoms with van der Waals surface area (Å²) in [4.78, 5) is 32.7. The van der Waals surface area contributed by atoms with Crippen LogP contribution < -0.4 is 11.1 Å². The zero-order valence-electron chi connectivity index (χ0n) is 12.6. The van der Waals surface area contributed by atoms with Gasteiger partial charge in [-0.15, -0.1) is 0 Å². The normalized spacial score (nSPS) is 10.5. The van der Waals surface area contributed by atoms with Crippen LogP contribution in [0.25, 0.3) is 6.08 Å². The summed E-state index contributed by atoms with van der Waals surface area (Å²) in [6, 6.07) is 12.6. The molecular formula is C17H15N3O4. The van der Waals surface area contributed by atoms with Crippen LogP contribution in [0.1, 0.15) is 11.1 Å². The first-order valence-electron chi connectivity index (χ1n) is 7.05. The summed E-state index contributed by atoms with van der Waals surface area (Å²) < 4.78 is 0. The highest BCUT2D eigenvalue weighted by molar-refractivity contribution is 6.01. The van der Waals surface area contributed by atoms with Gasteiger partial charge in [0.1, 0.15) is 0 Å².